The van der Waals surface area contributed by atoms with E-state index >= 15 is 0 Å². The lowest BCUT2D eigenvalue weighted by atomic mass is 10.4. The van der Waals surface area contributed by atoms with Gasteiger partial charge in [0.1, 0.15) is 5.82 Å². The Balaban J connectivity index is 2.59. The minimum Gasteiger partial charge on any atom is -0.339 e. The van der Waals surface area contributed by atoms with Gasteiger partial charge in [-0.1, -0.05) is 6.92 Å². The van der Waals surface area contributed by atoms with E-state index in [-0.39, 0.29) is 11.7 Å². The van der Waals surface area contributed by atoms with Crippen LogP contribution in [0.1, 0.15) is 29.8 Å². The van der Waals surface area contributed by atoms with E-state index in [2.05, 4.69) is 15.2 Å². The van der Waals surface area contributed by atoms with Crippen LogP contribution in [0.15, 0.2) is 0 Å². The lowest BCUT2D eigenvalue weighted by Gasteiger charge is -2.13. The van der Waals surface area contributed by atoms with E-state index in [1.54, 1.807) is 11.9 Å². The number of hydrogen-bond donors (Lipinski definition) is 2. The smallest absolute Gasteiger partial charge is 0.293 e. The average Bonchev–Trinajstić information content (AvgIpc) is 2.73. The fourth-order valence-electron chi connectivity index (χ4n) is 1.15. The predicted octanol–water partition coefficient (Wildman–Crippen LogP) is -0.212. The highest BCUT2D eigenvalue weighted by molar-refractivity contribution is 5.90. The summed E-state index contributed by atoms with van der Waals surface area (Å²) in [4.78, 5) is 17.4. The SMILES string of the molecule is CCc1nc(C(=O)N(C)CCCN)n[nH]1. The first kappa shape index (κ1) is 11.6. The van der Waals surface area contributed by atoms with E-state index in [4.69, 9.17) is 5.73 Å². The molecule has 3 N–H and O–H groups in total. The molecule has 0 unspecified atom stereocenters. The van der Waals surface area contributed by atoms with Crippen molar-refractivity contribution in [1.82, 2.24) is 20.1 Å². The summed E-state index contributed by atoms with van der Waals surface area (Å²) in [5.74, 6) is 0.788. The van der Waals surface area contributed by atoms with Crippen LogP contribution < -0.4 is 5.73 Å². The van der Waals surface area contributed by atoms with Gasteiger partial charge in [0, 0.05) is 20.0 Å². The first-order valence-electron chi connectivity index (χ1n) is 5.05. The van der Waals surface area contributed by atoms with Crippen LogP contribution >= 0.6 is 0 Å². The van der Waals surface area contributed by atoms with Crippen LogP contribution in [-0.2, 0) is 6.42 Å². The Kier molecular flexibility index (Phi) is 4.23. The highest BCUT2D eigenvalue weighted by Crippen LogP contribution is 1.98. The summed E-state index contributed by atoms with van der Waals surface area (Å²) >= 11 is 0. The molecule has 0 aromatic carbocycles. The summed E-state index contributed by atoms with van der Waals surface area (Å²) in [6, 6.07) is 0. The molecule has 1 heterocycles. The van der Waals surface area contributed by atoms with Crippen molar-refractivity contribution in [1.29, 1.82) is 0 Å². The van der Waals surface area contributed by atoms with Crippen LogP contribution in [0.2, 0.25) is 0 Å². The number of rotatable bonds is 5. The summed E-state index contributed by atoms with van der Waals surface area (Å²) in [5.41, 5.74) is 5.37. The molecule has 0 spiro atoms. The molecule has 1 rings (SSSR count). The van der Waals surface area contributed by atoms with E-state index in [9.17, 15) is 4.79 Å². The van der Waals surface area contributed by atoms with Gasteiger partial charge in [-0.05, 0) is 13.0 Å². The van der Waals surface area contributed by atoms with Crippen LogP contribution in [0, 0.1) is 0 Å². The van der Waals surface area contributed by atoms with Crippen LogP contribution in [0.25, 0.3) is 0 Å². The zero-order valence-corrected chi connectivity index (χ0v) is 9.16. The number of aromatic nitrogens is 3. The van der Waals surface area contributed by atoms with Gasteiger partial charge in [0.15, 0.2) is 0 Å². The maximum absolute atomic E-state index is 11.7. The van der Waals surface area contributed by atoms with Crippen LogP contribution in [0.5, 0.6) is 0 Å². The summed E-state index contributed by atoms with van der Waals surface area (Å²) in [6.07, 6.45) is 1.53. The number of carbonyl (C=O) groups is 1. The Morgan fingerprint density at radius 3 is 2.87 bits per heavy atom. The van der Waals surface area contributed by atoms with Crippen LogP contribution in [0.3, 0.4) is 0 Å². The Hall–Kier alpha value is -1.43. The van der Waals surface area contributed by atoms with Gasteiger partial charge in [0.25, 0.3) is 5.91 Å². The number of nitrogens with two attached hydrogens (primary N) is 1. The second-order valence-corrected chi connectivity index (χ2v) is 3.33. The van der Waals surface area contributed by atoms with E-state index in [0.717, 1.165) is 18.7 Å². The Bertz CT molecular complexity index is 322. The first-order valence-corrected chi connectivity index (χ1v) is 5.05. The number of aryl methyl sites for hydroxylation is 1. The maximum atomic E-state index is 11.7. The first-order chi connectivity index (χ1) is 7.19. The van der Waals surface area contributed by atoms with Gasteiger partial charge >= 0.3 is 0 Å². The van der Waals surface area contributed by atoms with Crippen molar-refractivity contribution in [3.8, 4) is 0 Å². The monoisotopic (exact) mass is 211 g/mol. The maximum Gasteiger partial charge on any atom is 0.293 e. The topological polar surface area (TPSA) is 87.9 Å². The van der Waals surface area contributed by atoms with E-state index < -0.39 is 0 Å². The molecule has 6 heteroatoms. The van der Waals surface area contributed by atoms with Gasteiger partial charge in [-0.3, -0.25) is 9.89 Å². The van der Waals surface area contributed by atoms with Crippen molar-refractivity contribution < 1.29 is 4.79 Å². The van der Waals surface area contributed by atoms with Crippen molar-refractivity contribution in [3.05, 3.63) is 11.6 Å². The van der Waals surface area contributed by atoms with Gasteiger partial charge in [-0.2, -0.15) is 0 Å². The molecule has 0 saturated carbocycles. The standard InChI is InChI=1S/C9H17N5O/c1-3-7-11-8(13-12-7)9(15)14(2)6-4-5-10/h3-6,10H2,1-2H3,(H,11,12,13). The summed E-state index contributed by atoms with van der Waals surface area (Å²) in [7, 11) is 1.72. The molecule has 0 radical (unpaired) electrons. The number of amides is 1. The van der Waals surface area contributed by atoms with Gasteiger partial charge in [-0.15, -0.1) is 5.10 Å². The molecular weight excluding hydrogens is 194 g/mol. The Morgan fingerprint density at radius 1 is 1.60 bits per heavy atom. The van der Waals surface area contributed by atoms with Crippen molar-refractivity contribution >= 4 is 5.91 Å². The molecule has 0 aliphatic heterocycles. The molecule has 1 amide bonds. The fraction of sp³-hybridized carbons (Fsp3) is 0.667. The summed E-state index contributed by atoms with van der Waals surface area (Å²) in [6.45, 7) is 3.16. The zero-order chi connectivity index (χ0) is 11.3. The van der Waals surface area contributed by atoms with Gasteiger partial charge < -0.3 is 10.6 Å². The quantitative estimate of drug-likeness (QED) is 0.705. The molecule has 0 atom stereocenters. The molecule has 0 aliphatic carbocycles. The summed E-state index contributed by atoms with van der Waals surface area (Å²) in [5, 5.41) is 6.57. The van der Waals surface area contributed by atoms with Gasteiger partial charge in [-0.25, -0.2) is 4.98 Å². The average molecular weight is 211 g/mol. The number of nitrogens with zero attached hydrogens (tertiary/aromatic N) is 3. The van der Waals surface area contributed by atoms with Crippen LogP contribution in [0.4, 0.5) is 0 Å². The zero-order valence-electron chi connectivity index (χ0n) is 9.16. The molecule has 0 saturated heterocycles. The highest BCUT2D eigenvalue weighted by atomic mass is 16.2. The van der Waals surface area contributed by atoms with Crippen molar-refractivity contribution in [2.75, 3.05) is 20.1 Å². The molecule has 15 heavy (non-hydrogen) atoms. The lowest BCUT2D eigenvalue weighted by Crippen LogP contribution is -2.29. The molecule has 1 aromatic rings. The molecule has 0 fully saturated rings. The molecule has 84 valence electrons. The third-order valence-corrected chi connectivity index (χ3v) is 2.10. The lowest BCUT2D eigenvalue weighted by molar-refractivity contribution is 0.0783. The summed E-state index contributed by atoms with van der Waals surface area (Å²) < 4.78 is 0. The van der Waals surface area contributed by atoms with Gasteiger partial charge in [0.2, 0.25) is 5.82 Å². The second-order valence-electron chi connectivity index (χ2n) is 3.33. The third kappa shape index (κ3) is 3.02. The molecule has 0 aliphatic rings. The molecule has 6 nitrogen and oxygen atoms in total. The Labute approximate surface area is 88.9 Å². The number of nitrogens with one attached hydrogen (secondary N) is 1. The number of hydrogen-bond acceptors (Lipinski definition) is 4. The molecule has 1 aromatic heterocycles. The predicted molar refractivity (Wildman–Crippen MR) is 56.4 cm³/mol. The minimum atomic E-state index is -0.167. The largest absolute Gasteiger partial charge is 0.339 e. The number of H-pyrrole nitrogens is 1. The molecule has 0 bridgehead atoms. The highest BCUT2D eigenvalue weighted by Gasteiger charge is 2.15. The number of carbonyl (C=O) groups excluding carboxylic acids is 1. The third-order valence-electron chi connectivity index (χ3n) is 2.10. The normalized spacial score (nSPS) is 10.3. The Morgan fingerprint density at radius 2 is 2.33 bits per heavy atom. The fourth-order valence-corrected chi connectivity index (χ4v) is 1.15. The second kappa shape index (κ2) is 5.45. The minimum absolute atomic E-state index is 0.167. The van der Waals surface area contributed by atoms with E-state index in [1.807, 2.05) is 6.92 Å². The molecular formula is C9H17N5O. The van der Waals surface area contributed by atoms with Crippen LogP contribution in [-0.4, -0.2) is 46.1 Å². The van der Waals surface area contributed by atoms with E-state index in [0.29, 0.717) is 13.1 Å². The van der Waals surface area contributed by atoms with Gasteiger partial charge in [0.05, 0.1) is 0 Å². The van der Waals surface area contributed by atoms with Crippen molar-refractivity contribution in [2.24, 2.45) is 5.73 Å². The van der Waals surface area contributed by atoms with Crippen molar-refractivity contribution in [3.63, 3.8) is 0 Å². The van der Waals surface area contributed by atoms with E-state index in [1.165, 1.54) is 0 Å². The number of aromatic amines is 1. The van der Waals surface area contributed by atoms with Crippen molar-refractivity contribution in [2.45, 2.75) is 19.8 Å².